The Morgan fingerprint density at radius 3 is 2.73 bits per heavy atom. The third-order valence-corrected chi connectivity index (χ3v) is 5.36. The molecule has 5 heteroatoms. The van der Waals surface area contributed by atoms with E-state index >= 15 is 0 Å². The Morgan fingerprint density at radius 2 is 2.00 bits per heavy atom. The number of anilines is 1. The van der Waals surface area contributed by atoms with Crippen LogP contribution in [-0.4, -0.2) is 29.4 Å². The quantitative estimate of drug-likeness (QED) is 0.868. The first-order valence-corrected chi connectivity index (χ1v) is 8.49. The lowest BCUT2D eigenvalue weighted by Gasteiger charge is -2.24. The highest BCUT2D eigenvalue weighted by molar-refractivity contribution is 7.08. The zero-order chi connectivity index (χ0) is 15.1. The fourth-order valence-electron chi connectivity index (χ4n) is 3.68. The van der Waals surface area contributed by atoms with Crippen LogP contribution in [0.15, 0.2) is 41.1 Å². The fourth-order valence-corrected chi connectivity index (χ4v) is 4.31. The van der Waals surface area contributed by atoms with Crippen molar-refractivity contribution < 1.29 is 9.18 Å². The number of amides is 1. The van der Waals surface area contributed by atoms with Gasteiger partial charge in [0.05, 0.1) is 11.7 Å². The van der Waals surface area contributed by atoms with Gasteiger partial charge in [-0.3, -0.25) is 9.69 Å². The minimum Gasteiger partial charge on any atom is -0.307 e. The van der Waals surface area contributed by atoms with Crippen LogP contribution in [0.1, 0.15) is 18.4 Å². The van der Waals surface area contributed by atoms with Crippen LogP contribution in [0.5, 0.6) is 0 Å². The number of carbonyl (C=O) groups is 1. The first-order valence-electron chi connectivity index (χ1n) is 7.55. The van der Waals surface area contributed by atoms with Crippen molar-refractivity contribution in [3.63, 3.8) is 0 Å². The maximum atomic E-state index is 13.0. The van der Waals surface area contributed by atoms with Gasteiger partial charge in [-0.1, -0.05) is 12.1 Å². The molecule has 22 heavy (non-hydrogen) atoms. The van der Waals surface area contributed by atoms with E-state index < -0.39 is 0 Å². The van der Waals surface area contributed by atoms with Crippen molar-refractivity contribution in [2.45, 2.75) is 31.5 Å². The van der Waals surface area contributed by atoms with Crippen LogP contribution in [0.3, 0.4) is 0 Å². The average Bonchev–Trinajstić information content (AvgIpc) is 3.20. The van der Waals surface area contributed by atoms with E-state index in [9.17, 15) is 9.18 Å². The van der Waals surface area contributed by atoms with Crippen molar-refractivity contribution in [3.8, 4) is 0 Å². The summed E-state index contributed by atoms with van der Waals surface area (Å²) in [5.41, 5.74) is 2.13. The van der Waals surface area contributed by atoms with Gasteiger partial charge in [0, 0.05) is 30.9 Å². The molecule has 0 N–H and O–H groups in total. The zero-order valence-corrected chi connectivity index (χ0v) is 12.9. The SMILES string of the molecule is O=C1C[C@@H]2[C@H](CCN2Cc2ccc(F)cc2)N1c1ccsc1. The fraction of sp³-hybridized carbons (Fsp3) is 0.353. The normalized spacial score (nSPS) is 25.0. The van der Waals surface area contributed by atoms with Gasteiger partial charge in [0.2, 0.25) is 5.91 Å². The van der Waals surface area contributed by atoms with E-state index in [1.165, 1.54) is 12.1 Å². The number of carbonyl (C=O) groups excluding carboxylic acids is 1. The summed E-state index contributed by atoms with van der Waals surface area (Å²) in [6.07, 6.45) is 1.59. The minimum absolute atomic E-state index is 0.206. The summed E-state index contributed by atoms with van der Waals surface area (Å²) >= 11 is 1.62. The number of thiophene rings is 1. The monoisotopic (exact) mass is 316 g/mol. The predicted molar refractivity (Wildman–Crippen MR) is 85.4 cm³/mol. The number of benzene rings is 1. The molecule has 2 saturated heterocycles. The minimum atomic E-state index is -0.206. The summed E-state index contributed by atoms with van der Waals surface area (Å²) in [5, 5.41) is 4.06. The summed E-state index contributed by atoms with van der Waals surface area (Å²) < 4.78 is 13.0. The van der Waals surface area contributed by atoms with E-state index in [1.807, 2.05) is 33.9 Å². The molecule has 1 aromatic carbocycles. The number of nitrogens with zero attached hydrogens (tertiary/aromatic N) is 2. The topological polar surface area (TPSA) is 23.6 Å². The van der Waals surface area contributed by atoms with E-state index in [2.05, 4.69) is 4.90 Å². The third-order valence-electron chi connectivity index (χ3n) is 4.69. The molecule has 3 nitrogen and oxygen atoms in total. The lowest BCUT2D eigenvalue weighted by molar-refractivity contribution is -0.117. The van der Waals surface area contributed by atoms with Crippen molar-refractivity contribution in [3.05, 3.63) is 52.5 Å². The molecule has 3 heterocycles. The van der Waals surface area contributed by atoms with E-state index in [4.69, 9.17) is 0 Å². The summed E-state index contributed by atoms with van der Waals surface area (Å²) in [7, 11) is 0. The van der Waals surface area contributed by atoms with Crippen molar-refractivity contribution in [1.82, 2.24) is 4.90 Å². The van der Waals surface area contributed by atoms with E-state index in [0.29, 0.717) is 6.42 Å². The maximum Gasteiger partial charge on any atom is 0.228 e. The summed E-state index contributed by atoms with van der Waals surface area (Å²) in [5.74, 6) is 0.0138. The second-order valence-electron chi connectivity index (χ2n) is 5.97. The number of halogens is 1. The first-order chi connectivity index (χ1) is 10.7. The molecule has 0 aliphatic carbocycles. The third kappa shape index (κ3) is 2.34. The summed E-state index contributed by atoms with van der Waals surface area (Å²) in [4.78, 5) is 16.7. The molecule has 4 rings (SSSR count). The lowest BCUT2D eigenvalue weighted by Crippen LogP contribution is -2.36. The van der Waals surface area contributed by atoms with Crippen molar-refractivity contribution in [2.75, 3.05) is 11.4 Å². The van der Waals surface area contributed by atoms with Crippen molar-refractivity contribution in [1.29, 1.82) is 0 Å². The molecule has 1 amide bonds. The van der Waals surface area contributed by atoms with Crippen molar-refractivity contribution in [2.24, 2.45) is 0 Å². The second kappa shape index (κ2) is 5.48. The van der Waals surface area contributed by atoms with Gasteiger partial charge in [-0.25, -0.2) is 4.39 Å². The Balaban J connectivity index is 1.52. The van der Waals surface area contributed by atoms with Gasteiger partial charge in [-0.2, -0.15) is 11.3 Å². The zero-order valence-electron chi connectivity index (χ0n) is 12.1. The number of fused-ring (bicyclic) bond motifs is 1. The van der Waals surface area contributed by atoms with E-state index in [1.54, 1.807) is 11.3 Å². The molecule has 0 spiro atoms. The molecule has 2 aliphatic rings. The van der Waals surface area contributed by atoms with Crippen LogP contribution >= 0.6 is 11.3 Å². The van der Waals surface area contributed by atoms with Crippen LogP contribution < -0.4 is 4.90 Å². The van der Waals surface area contributed by atoms with Gasteiger partial charge >= 0.3 is 0 Å². The molecule has 0 unspecified atom stereocenters. The molecular weight excluding hydrogens is 299 g/mol. The molecule has 2 fully saturated rings. The van der Waals surface area contributed by atoms with Crippen LogP contribution in [0.25, 0.3) is 0 Å². The summed E-state index contributed by atoms with van der Waals surface area (Å²) in [6.45, 7) is 1.77. The Labute approximate surface area is 133 Å². The van der Waals surface area contributed by atoms with Gasteiger partial charge in [0.15, 0.2) is 0 Å². The Kier molecular flexibility index (Phi) is 3.47. The molecule has 114 valence electrons. The Morgan fingerprint density at radius 1 is 1.18 bits per heavy atom. The summed E-state index contributed by atoms with van der Waals surface area (Å²) in [6, 6.07) is 9.24. The van der Waals surface area contributed by atoms with Crippen LogP contribution in [0.4, 0.5) is 10.1 Å². The lowest BCUT2D eigenvalue weighted by atomic mass is 10.1. The van der Waals surface area contributed by atoms with Crippen LogP contribution in [0.2, 0.25) is 0 Å². The van der Waals surface area contributed by atoms with Crippen molar-refractivity contribution >= 4 is 22.9 Å². The standard InChI is InChI=1S/C17H17FN2OS/c18-13-3-1-12(2-4-13)10-19-7-5-15-16(19)9-17(21)20(15)14-6-8-22-11-14/h1-4,6,8,11,15-16H,5,7,9-10H2/t15-,16+/m0/s1. The predicted octanol–water partition coefficient (Wildman–Crippen LogP) is 3.27. The van der Waals surface area contributed by atoms with Crippen LogP contribution in [-0.2, 0) is 11.3 Å². The molecule has 2 atom stereocenters. The smallest absolute Gasteiger partial charge is 0.228 e. The molecule has 0 bridgehead atoms. The number of likely N-dealkylation sites (tertiary alicyclic amines) is 1. The van der Waals surface area contributed by atoms with Gasteiger partial charge < -0.3 is 4.90 Å². The molecule has 1 aromatic heterocycles. The van der Waals surface area contributed by atoms with Gasteiger partial charge in [0.1, 0.15) is 5.82 Å². The molecule has 0 radical (unpaired) electrons. The Hall–Kier alpha value is -1.72. The average molecular weight is 316 g/mol. The second-order valence-corrected chi connectivity index (χ2v) is 6.75. The first kappa shape index (κ1) is 13.9. The highest BCUT2D eigenvalue weighted by atomic mass is 32.1. The Bertz CT molecular complexity index is 670. The number of rotatable bonds is 3. The highest BCUT2D eigenvalue weighted by Gasteiger charge is 2.47. The van der Waals surface area contributed by atoms with Gasteiger partial charge in [-0.15, -0.1) is 0 Å². The maximum absolute atomic E-state index is 13.0. The van der Waals surface area contributed by atoms with Gasteiger partial charge in [-0.05, 0) is 35.6 Å². The number of hydrogen-bond donors (Lipinski definition) is 0. The highest BCUT2D eigenvalue weighted by Crippen LogP contribution is 2.37. The van der Waals surface area contributed by atoms with E-state index in [-0.39, 0.29) is 23.8 Å². The molecular formula is C17H17FN2OS. The van der Waals surface area contributed by atoms with E-state index in [0.717, 1.165) is 30.8 Å². The van der Waals surface area contributed by atoms with Crippen LogP contribution in [0, 0.1) is 5.82 Å². The molecule has 2 aliphatic heterocycles. The largest absolute Gasteiger partial charge is 0.307 e. The number of hydrogen-bond acceptors (Lipinski definition) is 3. The molecule has 2 aromatic rings. The van der Waals surface area contributed by atoms with Gasteiger partial charge in [0.25, 0.3) is 0 Å². The molecule has 0 saturated carbocycles.